The van der Waals surface area contributed by atoms with Crippen molar-refractivity contribution in [2.75, 3.05) is 7.05 Å². The molecule has 2 aromatic carbocycles. The van der Waals surface area contributed by atoms with Gasteiger partial charge in [-0.05, 0) is 31.3 Å². The van der Waals surface area contributed by atoms with Gasteiger partial charge in [-0.15, -0.1) is 0 Å². The number of ether oxygens (including phenoxy) is 1. The van der Waals surface area contributed by atoms with Crippen LogP contribution in [-0.4, -0.2) is 7.05 Å². The lowest BCUT2D eigenvalue weighted by molar-refractivity contribution is 0.302. The van der Waals surface area contributed by atoms with Crippen molar-refractivity contribution in [1.82, 2.24) is 5.32 Å². The molecular weight excluding hydrogens is 265 g/mol. The highest BCUT2D eigenvalue weighted by Gasteiger charge is 2.06. The number of halogens is 2. The lowest BCUT2D eigenvalue weighted by atomic mass is 10.2. The van der Waals surface area contributed by atoms with E-state index in [0.29, 0.717) is 17.1 Å². The van der Waals surface area contributed by atoms with E-state index in [0.717, 1.165) is 11.3 Å². The summed E-state index contributed by atoms with van der Waals surface area (Å²) < 4.78 is 18.9. The summed E-state index contributed by atoms with van der Waals surface area (Å²) in [5.74, 6) is 0.462. The maximum Gasteiger partial charge on any atom is 0.124 e. The van der Waals surface area contributed by atoms with Gasteiger partial charge in [-0.1, -0.05) is 29.8 Å². The van der Waals surface area contributed by atoms with Crippen molar-refractivity contribution in [2.45, 2.75) is 13.2 Å². The molecule has 0 bridgehead atoms. The first-order chi connectivity index (χ1) is 9.20. The second kappa shape index (κ2) is 6.55. The SMILES string of the molecule is CNCc1ccccc1OCc1cc(F)ccc1Cl. The predicted molar refractivity (Wildman–Crippen MR) is 74.9 cm³/mol. The molecule has 19 heavy (non-hydrogen) atoms. The summed E-state index contributed by atoms with van der Waals surface area (Å²) in [6, 6.07) is 12.0. The van der Waals surface area contributed by atoms with Crippen molar-refractivity contribution in [2.24, 2.45) is 0 Å². The Morgan fingerprint density at radius 1 is 1.16 bits per heavy atom. The van der Waals surface area contributed by atoms with Gasteiger partial charge in [0.05, 0.1) is 0 Å². The third kappa shape index (κ3) is 3.69. The molecule has 100 valence electrons. The van der Waals surface area contributed by atoms with Gasteiger partial charge in [0.1, 0.15) is 18.2 Å². The fourth-order valence-corrected chi connectivity index (χ4v) is 1.96. The van der Waals surface area contributed by atoms with Gasteiger partial charge in [0.25, 0.3) is 0 Å². The number of nitrogens with one attached hydrogen (secondary N) is 1. The summed E-state index contributed by atoms with van der Waals surface area (Å²) in [6.45, 7) is 0.963. The molecule has 0 aliphatic carbocycles. The average molecular weight is 280 g/mol. The molecule has 0 aliphatic rings. The Balaban J connectivity index is 2.12. The Bertz CT molecular complexity index is 560. The second-order valence-corrected chi connectivity index (χ2v) is 4.57. The van der Waals surface area contributed by atoms with Gasteiger partial charge in [0.2, 0.25) is 0 Å². The molecule has 0 fully saturated rings. The minimum Gasteiger partial charge on any atom is -0.489 e. The molecule has 0 unspecified atom stereocenters. The minimum atomic E-state index is -0.313. The molecule has 0 heterocycles. The van der Waals surface area contributed by atoms with Crippen LogP contribution in [0, 0.1) is 5.82 Å². The van der Waals surface area contributed by atoms with Crippen molar-refractivity contribution >= 4 is 11.6 Å². The second-order valence-electron chi connectivity index (χ2n) is 4.16. The van der Waals surface area contributed by atoms with Crippen LogP contribution in [0.5, 0.6) is 5.75 Å². The molecule has 0 atom stereocenters. The van der Waals surface area contributed by atoms with Crippen molar-refractivity contribution in [3.63, 3.8) is 0 Å². The van der Waals surface area contributed by atoms with E-state index in [-0.39, 0.29) is 12.4 Å². The van der Waals surface area contributed by atoms with Gasteiger partial charge in [-0.2, -0.15) is 0 Å². The lowest BCUT2D eigenvalue weighted by Crippen LogP contribution is -2.07. The number of rotatable bonds is 5. The Hall–Kier alpha value is -1.58. The fourth-order valence-electron chi connectivity index (χ4n) is 1.79. The highest BCUT2D eigenvalue weighted by Crippen LogP contribution is 2.22. The van der Waals surface area contributed by atoms with Crippen molar-refractivity contribution < 1.29 is 9.13 Å². The fraction of sp³-hybridized carbons (Fsp3) is 0.200. The number of hydrogen-bond acceptors (Lipinski definition) is 2. The molecule has 0 aliphatic heterocycles. The maximum atomic E-state index is 13.1. The molecule has 2 aromatic rings. The molecule has 2 rings (SSSR count). The van der Waals surface area contributed by atoms with Crippen LogP contribution in [0.2, 0.25) is 5.02 Å². The smallest absolute Gasteiger partial charge is 0.124 e. The predicted octanol–water partition coefficient (Wildman–Crippen LogP) is 3.78. The van der Waals surface area contributed by atoms with E-state index in [1.807, 2.05) is 31.3 Å². The van der Waals surface area contributed by atoms with Gasteiger partial charge in [-0.3, -0.25) is 0 Å². The Morgan fingerprint density at radius 2 is 1.95 bits per heavy atom. The van der Waals surface area contributed by atoms with Gasteiger partial charge in [0, 0.05) is 22.7 Å². The third-order valence-corrected chi connectivity index (χ3v) is 3.10. The van der Waals surface area contributed by atoms with Crippen LogP contribution in [0.25, 0.3) is 0 Å². The van der Waals surface area contributed by atoms with E-state index in [2.05, 4.69) is 5.32 Å². The molecule has 0 aromatic heterocycles. The zero-order chi connectivity index (χ0) is 13.7. The third-order valence-electron chi connectivity index (χ3n) is 2.73. The largest absolute Gasteiger partial charge is 0.489 e. The van der Waals surface area contributed by atoms with Crippen LogP contribution in [0.1, 0.15) is 11.1 Å². The van der Waals surface area contributed by atoms with Crippen molar-refractivity contribution in [3.05, 3.63) is 64.4 Å². The molecule has 1 N–H and O–H groups in total. The van der Waals surface area contributed by atoms with E-state index in [1.165, 1.54) is 18.2 Å². The summed E-state index contributed by atoms with van der Waals surface area (Å²) in [5.41, 5.74) is 1.69. The Morgan fingerprint density at radius 3 is 2.74 bits per heavy atom. The monoisotopic (exact) mass is 279 g/mol. The number of benzene rings is 2. The Labute approximate surface area is 117 Å². The van der Waals surface area contributed by atoms with Crippen molar-refractivity contribution in [1.29, 1.82) is 0 Å². The van der Waals surface area contributed by atoms with Crippen molar-refractivity contribution in [3.8, 4) is 5.75 Å². The first-order valence-corrected chi connectivity index (χ1v) is 6.37. The number of para-hydroxylation sites is 1. The quantitative estimate of drug-likeness (QED) is 0.899. The van der Waals surface area contributed by atoms with Gasteiger partial charge >= 0.3 is 0 Å². The summed E-state index contributed by atoms with van der Waals surface area (Å²) in [6.07, 6.45) is 0. The topological polar surface area (TPSA) is 21.3 Å². The van der Waals surface area contributed by atoms with Gasteiger partial charge in [0.15, 0.2) is 0 Å². The first kappa shape index (κ1) is 13.8. The van der Waals surface area contributed by atoms with Gasteiger partial charge < -0.3 is 10.1 Å². The summed E-state index contributed by atoms with van der Waals surface area (Å²) in [7, 11) is 1.88. The summed E-state index contributed by atoms with van der Waals surface area (Å²) in [5, 5.41) is 3.58. The van der Waals surface area contributed by atoms with Crippen LogP contribution in [0.3, 0.4) is 0 Å². The molecule has 0 amide bonds. The maximum absolute atomic E-state index is 13.1. The van der Waals surface area contributed by atoms with Crippen LogP contribution in [-0.2, 0) is 13.2 Å². The highest BCUT2D eigenvalue weighted by molar-refractivity contribution is 6.31. The summed E-state index contributed by atoms with van der Waals surface area (Å²) >= 11 is 6.00. The van der Waals surface area contributed by atoms with Gasteiger partial charge in [-0.25, -0.2) is 4.39 Å². The zero-order valence-corrected chi connectivity index (χ0v) is 11.4. The van der Waals surface area contributed by atoms with Crippen LogP contribution < -0.4 is 10.1 Å². The van der Waals surface area contributed by atoms with E-state index >= 15 is 0 Å². The summed E-state index contributed by atoms with van der Waals surface area (Å²) in [4.78, 5) is 0. The average Bonchev–Trinajstić information content (AvgIpc) is 2.42. The first-order valence-electron chi connectivity index (χ1n) is 6.00. The van der Waals surface area contributed by atoms with E-state index < -0.39 is 0 Å². The molecule has 0 saturated carbocycles. The minimum absolute atomic E-state index is 0.247. The lowest BCUT2D eigenvalue weighted by Gasteiger charge is -2.12. The molecule has 4 heteroatoms. The van der Waals surface area contributed by atoms with Crippen LogP contribution in [0.4, 0.5) is 4.39 Å². The molecular formula is C15H15ClFNO. The zero-order valence-electron chi connectivity index (χ0n) is 10.6. The van der Waals surface area contributed by atoms with Crippen LogP contribution in [0.15, 0.2) is 42.5 Å². The van der Waals surface area contributed by atoms with Crippen LogP contribution >= 0.6 is 11.6 Å². The highest BCUT2D eigenvalue weighted by atomic mass is 35.5. The molecule has 0 radical (unpaired) electrons. The number of hydrogen-bond donors (Lipinski definition) is 1. The normalized spacial score (nSPS) is 10.5. The standard InChI is InChI=1S/C15H15ClFNO/c1-18-9-11-4-2-3-5-15(11)19-10-12-8-13(17)6-7-14(12)16/h2-8,18H,9-10H2,1H3. The van der Waals surface area contributed by atoms with E-state index in [1.54, 1.807) is 0 Å². The molecule has 0 saturated heterocycles. The Kier molecular flexibility index (Phi) is 4.77. The van der Waals surface area contributed by atoms with E-state index in [4.69, 9.17) is 16.3 Å². The molecule has 2 nitrogen and oxygen atoms in total. The van der Waals surface area contributed by atoms with E-state index in [9.17, 15) is 4.39 Å². The molecule has 0 spiro atoms.